The first kappa shape index (κ1) is 43.2. The first-order valence-corrected chi connectivity index (χ1v) is 19.9. The molecule has 0 aliphatic rings. The number of hydrogen-bond acceptors (Lipinski definition) is 13. The van der Waals surface area contributed by atoms with Crippen molar-refractivity contribution in [1.82, 2.24) is 40.3 Å². The normalized spacial score (nSPS) is 10.9. The molecule has 0 saturated heterocycles. The van der Waals surface area contributed by atoms with Crippen molar-refractivity contribution < 1.29 is 42.7 Å². The zero-order valence-corrected chi connectivity index (χ0v) is 35.3. The molecule has 0 unspecified atom stereocenters. The minimum atomic E-state index is -0.461. The van der Waals surface area contributed by atoms with E-state index >= 15 is 4.39 Å². The fourth-order valence-electron chi connectivity index (χ4n) is 6.79. The number of phenolic OH excluding ortho intramolecular Hbond substituents is 1. The first-order valence-electron chi connectivity index (χ1n) is 19.9. The fourth-order valence-corrected chi connectivity index (χ4v) is 6.79. The Labute approximate surface area is 369 Å². The number of pyridine rings is 2. The maximum absolute atomic E-state index is 15.0. The Morgan fingerprint density at radius 3 is 1.65 bits per heavy atom. The lowest BCUT2D eigenvalue weighted by atomic mass is 10.2. The third-order valence-corrected chi connectivity index (χ3v) is 9.95. The van der Waals surface area contributed by atoms with E-state index in [0.717, 1.165) is 22.5 Å². The molecule has 0 bridgehead atoms. The molecule has 0 spiro atoms. The second-order valence-electron chi connectivity index (χ2n) is 14.4. The van der Waals surface area contributed by atoms with Gasteiger partial charge in [-0.2, -0.15) is 20.4 Å². The number of methoxy groups -OCH3 is 2. The van der Waals surface area contributed by atoms with Crippen LogP contribution >= 0.6 is 0 Å². The first-order chi connectivity index (χ1) is 31.6. The lowest BCUT2D eigenvalue weighted by molar-refractivity contribution is 0.281. The van der Waals surface area contributed by atoms with Crippen molar-refractivity contribution in [2.75, 3.05) is 14.2 Å². The summed E-state index contributed by atoms with van der Waals surface area (Å²) in [5.41, 5.74) is 5.91. The zero-order chi connectivity index (χ0) is 45.5. The number of nitrogens with one attached hydrogen (secondary N) is 2. The zero-order valence-electron chi connectivity index (χ0n) is 35.3. The molecule has 0 aliphatic carbocycles. The molecule has 65 heavy (non-hydrogen) atoms. The van der Waals surface area contributed by atoms with Gasteiger partial charge in [-0.3, -0.25) is 9.97 Å². The molecule has 0 radical (unpaired) electrons. The van der Waals surface area contributed by atoms with Gasteiger partial charge in [-0.1, -0.05) is 6.07 Å². The molecule has 0 aliphatic heterocycles. The summed E-state index contributed by atoms with van der Waals surface area (Å²) in [5.74, 6) is 1.15. The average Bonchev–Trinajstić information content (AvgIpc) is 3.92. The number of aromatic hydroxyl groups is 1. The molecular weight excluding hydrogens is 839 g/mol. The molecule has 6 aromatic heterocycles. The number of aryl methyl sites for hydroxylation is 2. The van der Waals surface area contributed by atoms with E-state index in [4.69, 9.17) is 28.8 Å². The summed E-state index contributed by atoms with van der Waals surface area (Å²) in [6, 6.07) is 23.9. The van der Waals surface area contributed by atoms with E-state index in [0.29, 0.717) is 73.2 Å². The average molecular weight is 879 g/mol. The molecule has 10 aromatic rings. The lowest BCUT2D eigenvalue weighted by Gasteiger charge is -2.14. The van der Waals surface area contributed by atoms with Gasteiger partial charge in [0.05, 0.1) is 44.0 Å². The largest absolute Gasteiger partial charge is 0.504 e. The van der Waals surface area contributed by atoms with Crippen molar-refractivity contribution in [3.8, 4) is 46.0 Å². The summed E-state index contributed by atoms with van der Waals surface area (Å²) >= 11 is 0. The minimum Gasteiger partial charge on any atom is -0.504 e. The topological polar surface area (TPSA) is 196 Å². The summed E-state index contributed by atoms with van der Waals surface area (Å²) in [6.07, 6.45) is 9.59. The Morgan fingerprint density at radius 1 is 0.554 bits per heavy atom. The van der Waals surface area contributed by atoms with E-state index < -0.39 is 11.6 Å². The molecule has 4 N–H and O–H groups in total. The van der Waals surface area contributed by atoms with Gasteiger partial charge in [0.15, 0.2) is 57.6 Å². The third-order valence-electron chi connectivity index (χ3n) is 9.95. The van der Waals surface area contributed by atoms with Crippen LogP contribution in [0.3, 0.4) is 0 Å². The van der Waals surface area contributed by atoms with Crippen molar-refractivity contribution in [1.29, 1.82) is 0 Å². The standard InChI is InChI=1S/C24H19FN4O3.C18H14FN3O3.C6H7NO/c1-14-8-17-18(28-14)5-6-20(24(17)25)32-23-12-27-29-19-10-22(21(30-2)9-16(19)23)31-13-15-4-3-7-26-11-15;1-9-5-11-12(21-9)3-4-15(18(11)19)25-17-8-20-22-13-7-14(23)16(24-2)6-10(13)17;8-5-6-1-3-7-4-2-6/h3-12,28H,13H2,1-2H3;3-8,21,23H,1-2H3;1-4,8H,5H2. The minimum absolute atomic E-state index is 0.0585. The predicted molar refractivity (Wildman–Crippen MR) is 239 cm³/mol. The number of fused-ring (bicyclic) bond motifs is 4. The van der Waals surface area contributed by atoms with Crippen molar-refractivity contribution in [2.45, 2.75) is 27.1 Å². The van der Waals surface area contributed by atoms with Crippen LogP contribution in [0.2, 0.25) is 0 Å². The number of rotatable bonds is 10. The van der Waals surface area contributed by atoms with Crippen LogP contribution in [0.5, 0.6) is 46.0 Å². The molecule has 10 rings (SSSR count). The number of phenols is 1. The molecule has 0 saturated carbocycles. The second-order valence-corrected chi connectivity index (χ2v) is 14.4. The van der Waals surface area contributed by atoms with Crippen LogP contribution < -0.4 is 23.7 Å². The molecule has 4 aromatic carbocycles. The summed E-state index contributed by atoms with van der Waals surface area (Å²) < 4.78 is 57.9. The highest BCUT2D eigenvalue weighted by atomic mass is 19.1. The third kappa shape index (κ3) is 9.64. The highest BCUT2D eigenvalue weighted by Crippen LogP contribution is 2.40. The summed E-state index contributed by atoms with van der Waals surface area (Å²) in [5, 5.41) is 36.4. The lowest BCUT2D eigenvalue weighted by Crippen LogP contribution is -1.99. The number of H-pyrrole nitrogens is 2. The van der Waals surface area contributed by atoms with Gasteiger partial charge in [0.2, 0.25) is 0 Å². The van der Waals surface area contributed by atoms with Crippen LogP contribution in [0, 0.1) is 25.5 Å². The Morgan fingerprint density at radius 2 is 1.12 bits per heavy atom. The number of nitrogens with zero attached hydrogens (tertiary/aromatic N) is 6. The number of halogens is 2. The van der Waals surface area contributed by atoms with Crippen molar-refractivity contribution >= 4 is 43.6 Å². The van der Waals surface area contributed by atoms with E-state index in [1.165, 1.54) is 25.6 Å². The van der Waals surface area contributed by atoms with Gasteiger partial charge in [-0.05, 0) is 86.1 Å². The van der Waals surface area contributed by atoms with E-state index in [9.17, 15) is 9.50 Å². The summed E-state index contributed by atoms with van der Waals surface area (Å²) in [6.45, 7) is 4.16. The predicted octanol–water partition coefficient (Wildman–Crippen LogP) is 9.97. The van der Waals surface area contributed by atoms with Crippen LogP contribution in [0.15, 0.2) is 122 Å². The molecule has 0 fully saturated rings. The molecular formula is C48H40F2N8O7. The molecule has 6 heterocycles. The Kier molecular flexibility index (Phi) is 12.8. The molecule has 0 atom stereocenters. The number of ether oxygens (including phenoxy) is 5. The van der Waals surface area contributed by atoms with Crippen molar-refractivity contribution in [2.24, 2.45) is 0 Å². The van der Waals surface area contributed by atoms with E-state index in [2.05, 4.69) is 40.3 Å². The van der Waals surface area contributed by atoms with Gasteiger partial charge in [0.25, 0.3) is 0 Å². The van der Waals surface area contributed by atoms with E-state index in [-0.39, 0.29) is 29.6 Å². The SMILES string of the molecule is COc1cc2c(Oc3ccc4[nH]c(C)cc4c3F)cnnc2cc1O.COc1cc2c(Oc3ccc4[nH]c(C)cc4c3F)cnnc2cc1OCc1cccnc1.OCc1ccncc1. The van der Waals surface area contributed by atoms with Gasteiger partial charge in [0, 0.05) is 75.7 Å². The van der Waals surface area contributed by atoms with Crippen LogP contribution in [0.4, 0.5) is 8.78 Å². The van der Waals surface area contributed by atoms with Crippen LogP contribution in [0.1, 0.15) is 22.5 Å². The molecule has 17 heteroatoms. The molecule has 0 amide bonds. The maximum atomic E-state index is 15.0. The second kappa shape index (κ2) is 19.3. The van der Waals surface area contributed by atoms with Gasteiger partial charge in [0.1, 0.15) is 17.6 Å². The smallest absolute Gasteiger partial charge is 0.175 e. The van der Waals surface area contributed by atoms with Crippen molar-refractivity contribution in [3.63, 3.8) is 0 Å². The van der Waals surface area contributed by atoms with Gasteiger partial charge in [-0.15, -0.1) is 0 Å². The molecule has 328 valence electrons. The number of aliphatic hydroxyl groups is 1. The number of benzene rings is 4. The van der Waals surface area contributed by atoms with E-state index in [1.54, 1.807) is 98.6 Å². The summed E-state index contributed by atoms with van der Waals surface area (Å²) in [7, 11) is 2.99. The van der Waals surface area contributed by atoms with E-state index in [1.807, 2.05) is 26.0 Å². The fraction of sp³-hybridized carbons (Fsp3) is 0.125. The van der Waals surface area contributed by atoms with Crippen LogP contribution in [-0.4, -0.2) is 64.8 Å². The monoisotopic (exact) mass is 878 g/mol. The highest BCUT2D eigenvalue weighted by molar-refractivity contribution is 5.89. The Bertz CT molecular complexity index is 3260. The number of hydrogen-bond donors (Lipinski definition) is 4. The maximum Gasteiger partial charge on any atom is 0.175 e. The summed E-state index contributed by atoms with van der Waals surface area (Å²) in [4.78, 5) is 14.1. The van der Waals surface area contributed by atoms with Crippen LogP contribution in [-0.2, 0) is 13.2 Å². The number of aromatic nitrogens is 8. The number of aliphatic hydroxyl groups excluding tert-OH is 1. The molecule has 15 nitrogen and oxygen atoms in total. The highest BCUT2D eigenvalue weighted by Gasteiger charge is 2.18. The van der Waals surface area contributed by atoms with Crippen molar-refractivity contribution in [3.05, 3.63) is 156 Å². The van der Waals surface area contributed by atoms with Gasteiger partial charge in [-0.25, -0.2) is 8.78 Å². The van der Waals surface area contributed by atoms with Gasteiger partial charge < -0.3 is 43.9 Å². The van der Waals surface area contributed by atoms with Gasteiger partial charge >= 0.3 is 0 Å². The Hall–Kier alpha value is -8.44. The van der Waals surface area contributed by atoms with Crippen LogP contribution in [0.25, 0.3) is 43.6 Å². The number of aromatic amines is 2. The quantitative estimate of drug-likeness (QED) is 0.101. The Balaban J connectivity index is 0.000000155.